The number of carbonyl (C=O) groups is 4. The van der Waals surface area contributed by atoms with Crippen molar-refractivity contribution in [1.29, 1.82) is 0 Å². The van der Waals surface area contributed by atoms with Crippen molar-refractivity contribution < 1.29 is 19.2 Å². The number of rotatable bonds is 3. The molecule has 1 aliphatic carbocycles. The number of likely N-dealkylation sites (N-methyl/N-ethyl adjacent to an activating group) is 1. The summed E-state index contributed by atoms with van der Waals surface area (Å²) >= 11 is 0. The summed E-state index contributed by atoms with van der Waals surface area (Å²) in [5.74, 6) is -0.496. The van der Waals surface area contributed by atoms with Crippen LogP contribution in [0.1, 0.15) is 51.9 Å². The van der Waals surface area contributed by atoms with Crippen LogP contribution in [0.3, 0.4) is 0 Å². The SMILES string of the molecule is CC(=O)N1CCC(NC(=O)CN2C(=O)N(C)C3(CCCCC3)C2=O)CC1. The summed E-state index contributed by atoms with van der Waals surface area (Å²) in [7, 11) is 1.67. The van der Waals surface area contributed by atoms with Crippen LogP contribution < -0.4 is 5.32 Å². The summed E-state index contributed by atoms with van der Waals surface area (Å²) in [6.45, 7) is 2.55. The first-order valence-corrected chi connectivity index (χ1v) is 9.50. The van der Waals surface area contributed by atoms with Gasteiger partial charge in [0.05, 0.1) is 0 Å². The van der Waals surface area contributed by atoms with E-state index in [1.807, 2.05) is 0 Å². The van der Waals surface area contributed by atoms with Gasteiger partial charge in [-0.15, -0.1) is 0 Å². The Hall–Kier alpha value is -2.12. The molecule has 5 amide bonds. The molecule has 8 heteroatoms. The van der Waals surface area contributed by atoms with E-state index in [-0.39, 0.29) is 36.3 Å². The third kappa shape index (κ3) is 3.29. The zero-order valence-electron chi connectivity index (χ0n) is 15.6. The highest BCUT2D eigenvalue weighted by molar-refractivity contribution is 6.08. The third-order valence-corrected chi connectivity index (χ3v) is 6.09. The van der Waals surface area contributed by atoms with Gasteiger partial charge in [-0.25, -0.2) is 4.79 Å². The summed E-state index contributed by atoms with van der Waals surface area (Å²) in [6, 6.07) is -0.397. The van der Waals surface area contributed by atoms with Gasteiger partial charge in [-0.1, -0.05) is 19.3 Å². The monoisotopic (exact) mass is 364 g/mol. The Labute approximate surface area is 153 Å². The molecule has 2 aliphatic heterocycles. The molecule has 3 fully saturated rings. The van der Waals surface area contributed by atoms with Gasteiger partial charge in [-0.05, 0) is 25.7 Å². The van der Waals surface area contributed by atoms with Gasteiger partial charge in [0.15, 0.2) is 0 Å². The molecular formula is C18H28N4O4. The van der Waals surface area contributed by atoms with Crippen LogP contribution in [-0.4, -0.2) is 76.7 Å². The van der Waals surface area contributed by atoms with Crippen LogP contribution >= 0.6 is 0 Å². The number of hydrogen-bond donors (Lipinski definition) is 1. The van der Waals surface area contributed by atoms with Crippen LogP contribution in [0.15, 0.2) is 0 Å². The van der Waals surface area contributed by atoms with Crippen molar-refractivity contribution in [3.05, 3.63) is 0 Å². The number of urea groups is 1. The Balaban J connectivity index is 1.57. The molecule has 3 rings (SSSR count). The molecule has 26 heavy (non-hydrogen) atoms. The first-order valence-electron chi connectivity index (χ1n) is 9.50. The number of nitrogens with zero attached hydrogens (tertiary/aromatic N) is 3. The fourth-order valence-electron chi connectivity index (χ4n) is 4.43. The van der Waals surface area contributed by atoms with Gasteiger partial charge in [0, 0.05) is 33.1 Å². The lowest BCUT2D eigenvalue weighted by Gasteiger charge is -2.35. The van der Waals surface area contributed by atoms with Gasteiger partial charge in [0.2, 0.25) is 11.8 Å². The molecule has 0 bridgehead atoms. The molecule has 0 aromatic heterocycles. The van der Waals surface area contributed by atoms with Crippen molar-refractivity contribution in [3.8, 4) is 0 Å². The van der Waals surface area contributed by atoms with E-state index in [9.17, 15) is 19.2 Å². The summed E-state index contributed by atoms with van der Waals surface area (Å²) in [6.07, 6.45) is 5.67. The van der Waals surface area contributed by atoms with E-state index in [0.29, 0.717) is 38.8 Å². The van der Waals surface area contributed by atoms with Crippen LogP contribution in [0, 0.1) is 0 Å². The zero-order valence-corrected chi connectivity index (χ0v) is 15.6. The molecule has 3 aliphatic rings. The van der Waals surface area contributed by atoms with E-state index >= 15 is 0 Å². The van der Waals surface area contributed by atoms with Crippen LogP contribution in [0.2, 0.25) is 0 Å². The minimum Gasteiger partial charge on any atom is -0.352 e. The maximum absolute atomic E-state index is 12.9. The van der Waals surface area contributed by atoms with Crippen molar-refractivity contribution in [3.63, 3.8) is 0 Å². The maximum Gasteiger partial charge on any atom is 0.327 e. The summed E-state index contributed by atoms with van der Waals surface area (Å²) in [4.78, 5) is 53.6. The second-order valence-corrected chi connectivity index (χ2v) is 7.67. The molecule has 8 nitrogen and oxygen atoms in total. The summed E-state index contributed by atoms with van der Waals surface area (Å²) < 4.78 is 0. The van der Waals surface area contributed by atoms with Crippen molar-refractivity contribution in [2.24, 2.45) is 0 Å². The van der Waals surface area contributed by atoms with Gasteiger partial charge >= 0.3 is 6.03 Å². The lowest BCUT2D eigenvalue weighted by Crippen LogP contribution is -2.50. The molecule has 2 saturated heterocycles. The smallest absolute Gasteiger partial charge is 0.327 e. The minimum absolute atomic E-state index is 0.0210. The second kappa shape index (κ2) is 7.25. The van der Waals surface area contributed by atoms with Gasteiger partial charge in [0.25, 0.3) is 5.91 Å². The lowest BCUT2D eigenvalue weighted by atomic mass is 9.81. The van der Waals surface area contributed by atoms with Crippen LogP contribution in [0.5, 0.6) is 0 Å². The first kappa shape index (κ1) is 18.7. The fourth-order valence-corrected chi connectivity index (χ4v) is 4.43. The van der Waals surface area contributed by atoms with Crippen molar-refractivity contribution >= 4 is 23.8 Å². The predicted octanol–water partition coefficient (Wildman–Crippen LogP) is 0.710. The van der Waals surface area contributed by atoms with Crippen molar-refractivity contribution in [1.82, 2.24) is 20.0 Å². The highest BCUT2D eigenvalue weighted by Crippen LogP contribution is 2.39. The highest BCUT2D eigenvalue weighted by Gasteiger charge is 2.55. The molecule has 0 aromatic rings. The molecule has 0 atom stereocenters. The molecule has 1 N–H and O–H groups in total. The van der Waals surface area contributed by atoms with E-state index in [4.69, 9.17) is 0 Å². The van der Waals surface area contributed by atoms with Crippen molar-refractivity contribution in [2.75, 3.05) is 26.7 Å². The van der Waals surface area contributed by atoms with Crippen LogP contribution in [0.25, 0.3) is 0 Å². The predicted molar refractivity (Wildman–Crippen MR) is 94.1 cm³/mol. The zero-order chi connectivity index (χ0) is 18.9. The Bertz CT molecular complexity index is 606. The third-order valence-electron chi connectivity index (χ3n) is 6.09. The quantitative estimate of drug-likeness (QED) is 0.747. The van der Waals surface area contributed by atoms with Crippen LogP contribution in [-0.2, 0) is 14.4 Å². The normalized spacial score (nSPS) is 23.7. The molecule has 0 aromatic carbocycles. The molecule has 0 radical (unpaired) electrons. The Morgan fingerprint density at radius 3 is 2.31 bits per heavy atom. The van der Waals surface area contributed by atoms with E-state index in [1.165, 1.54) is 4.90 Å². The number of hydrogen-bond acceptors (Lipinski definition) is 4. The molecular weight excluding hydrogens is 336 g/mol. The van der Waals surface area contributed by atoms with E-state index in [1.54, 1.807) is 18.9 Å². The lowest BCUT2D eigenvalue weighted by molar-refractivity contribution is -0.137. The summed E-state index contributed by atoms with van der Waals surface area (Å²) in [5, 5.41) is 2.91. The Morgan fingerprint density at radius 2 is 1.73 bits per heavy atom. The standard InChI is InChI=1S/C18H28N4O4/c1-13(23)21-10-6-14(7-11-21)19-15(24)12-22-16(25)18(20(2)17(22)26)8-4-3-5-9-18/h14H,3-12H2,1-2H3,(H,19,24). The second-order valence-electron chi connectivity index (χ2n) is 7.67. The van der Waals surface area contributed by atoms with Gasteiger partial charge in [-0.3, -0.25) is 19.3 Å². The average Bonchev–Trinajstić information content (AvgIpc) is 2.79. The number of nitrogens with one attached hydrogen (secondary N) is 1. The topological polar surface area (TPSA) is 90.0 Å². The summed E-state index contributed by atoms with van der Waals surface area (Å²) in [5.41, 5.74) is -0.748. The number of amides is 5. The fraction of sp³-hybridized carbons (Fsp3) is 0.778. The molecule has 2 heterocycles. The Kier molecular flexibility index (Phi) is 5.20. The number of likely N-dealkylation sites (tertiary alicyclic amines) is 1. The van der Waals surface area contributed by atoms with Crippen molar-refractivity contribution in [2.45, 2.75) is 63.5 Å². The van der Waals surface area contributed by atoms with Gasteiger partial charge < -0.3 is 15.1 Å². The minimum atomic E-state index is -0.748. The molecule has 1 spiro atoms. The largest absolute Gasteiger partial charge is 0.352 e. The average molecular weight is 364 g/mol. The maximum atomic E-state index is 12.9. The van der Waals surface area contributed by atoms with Gasteiger partial charge in [-0.2, -0.15) is 0 Å². The van der Waals surface area contributed by atoms with Crippen LogP contribution in [0.4, 0.5) is 4.79 Å². The molecule has 1 saturated carbocycles. The number of piperidine rings is 1. The van der Waals surface area contributed by atoms with E-state index < -0.39 is 5.54 Å². The Morgan fingerprint density at radius 1 is 1.12 bits per heavy atom. The number of carbonyl (C=O) groups excluding carboxylic acids is 4. The van der Waals surface area contributed by atoms with E-state index in [2.05, 4.69) is 5.32 Å². The molecule has 0 unspecified atom stereocenters. The highest BCUT2D eigenvalue weighted by atomic mass is 16.2. The van der Waals surface area contributed by atoms with Gasteiger partial charge in [0.1, 0.15) is 12.1 Å². The number of imide groups is 1. The van der Waals surface area contributed by atoms with E-state index in [0.717, 1.165) is 24.2 Å². The first-order chi connectivity index (χ1) is 12.3. The molecule has 144 valence electrons.